The van der Waals surface area contributed by atoms with Gasteiger partial charge in [0.05, 0.1) is 5.69 Å². The third-order valence-corrected chi connectivity index (χ3v) is 5.88. The maximum absolute atomic E-state index is 13.9. The summed E-state index contributed by atoms with van der Waals surface area (Å²) in [6.45, 7) is 2.06. The first-order valence-corrected chi connectivity index (χ1v) is 10.8. The van der Waals surface area contributed by atoms with Crippen LogP contribution in [-0.2, 0) is 6.42 Å². The van der Waals surface area contributed by atoms with Gasteiger partial charge in [0.2, 0.25) is 0 Å². The second-order valence-electron chi connectivity index (χ2n) is 7.03. The van der Waals surface area contributed by atoms with E-state index in [-0.39, 0.29) is 0 Å². The molecule has 1 amide bonds. The van der Waals surface area contributed by atoms with Crippen LogP contribution in [0.25, 0.3) is 22.4 Å². The molecule has 1 aromatic heterocycles. The lowest BCUT2D eigenvalue weighted by molar-refractivity contribution is 0.101. The molecular formula is C25H20F2N2OS. The fraction of sp³-hybridized carbons (Fsp3) is 0.120. The van der Waals surface area contributed by atoms with Gasteiger partial charge in [0.1, 0.15) is 17.2 Å². The lowest BCUT2D eigenvalue weighted by atomic mass is 10.0. The minimum absolute atomic E-state index is 0.318. The molecule has 0 saturated heterocycles. The van der Waals surface area contributed by atoms with E-state index < -0.39 is 23.1 Å². The number of rotatable bonds is 6. The monoisotopic (exact) mass is 434 g/mol. The molecule has 4 rings (SSSR count). The van der Waals surface area contributed by atoms with E-state index in [2.05, 4.69) is 29.4 Å². The predicted molar refractivity (Wildman–Crippen MR) is 121 cm³/mol. The van der Waals surface area contributed by atoms with Crippen LogP contribution in [0.1, 0.15) is 28.6 Å². The van der Waals surface area contributed by atoms with E-state index in [9.17, 15) is 13.6 Å². The Morgan fingerprint density at radius 3 is 2.13 bits per heavy atom. The number of anilines is 1. The third kappa shape index (κ3) is 4.54. The molecule has 31 heavy (non-hydrogen) atoms. The van der Waals surface area contributed by atoms with Crippen molar-refractivity contribution in [1.29, 1.82) is 0 Å². The zero-order valence-electron chi connectivity index (χ0n) is 16.9. The van der Waals surface area contributed by atoms with E-state index in [1.54, 1.807) is 0 Å². The average molecular weight is 435 g/mol. The Morgan fingerprint density at radius 1 is 0.871 bits per heavy atom. The molecule has 0 radical (unpaired) electrons. The van der Waals surface area contributed by atoms with Crippen molar-refractivity contribution < 1.29 is 13.6 Å². The van der Waals surface area contributed by atoms with Crippen molar-refractivity contribution in [2.75, 3.05) is 5.32 Å². The molecule has 6 heteroatoms. The molecule has 4 aromatic rings. The van der Waals surface area contributed by atoms with Crippen molar-refractivity contribution in [3.05, 3.63) is 94.9 Å². The number of hydrogen-bond donors (Lipinski definition) is 1. The van der Waals surface area contributed by atoms with Gasteiger partial charge in [0, 0.05) is 10.4 Å². The van der Waals surface area contributed by atoms with Gasteiger partial charge in [0.25, 0.3) is 5.91 Å². The molecule has 0 fully saturated rings. The van der Waals surface area contributed by atoms with Crippen molar-refractivity contribution in [2.24, 2.45) is 0 Å². The summed E-state index contributed by atoms with van der Waals surface area (Å²) < 4.78 is 27.9. The molecule has 0 bridgehead atoms. The van der Waals surface area contributed by atoms with Crippen LogP contribution in [0.3, 0.4) is 0 Å². The molecular weight excluding hydrogens is 414 g/mol. The maximum Gasteiger partial charge on any atom is 0.263 e. The molecule has 1 heterocycles. The lowest BCUT2D eigenvalue weighted by Crippen LogP contribution is -2.15. The average Bonchev–Trinajstić information content (AvgIpc) is 3.17. The smallest absolute Gasteiger partial charge is 0.263 e. The molecule has 156 valence electrons. The predicted octanol–water partition coefficient (Wildman–Crippen LogP) is 6.96. The first-order chi connectivity index (χ1) is 15.1. The number of aryl methyl sites for hydroxylation is 1. The Bertz CT molecular complexity index is 1180. The Kier molecular flexibility index (Phi) is 6.18. The standard InChI is InChI=1S/C25H20F2N2OS/c1-2-7-21-23(18-14-12-17(13-15-18)16-8-4-3-5-9-16)28-25(31-21)29-24(30)22-19(26)10-6-11-20(22)27/h3-6,8-15H,2,7H2,1H3,(H,28,29,30). The van der Waals surface area contributed by atoms with Crippen LogP contribution in [0, 0.1) is 11.6 Å². The summed E-state index contributed by atoms with van der Waals surface area (Å²) in [5, 5.41) is 2.87. The van der Waals surface area contributed by atoms with Gasteiger partial charge in [-0.25, -0.2) is 13.8 Å². The molecule has 3 aromatic carbocycles. The summed E-state index contributed by atoms with van der Waals surface area (Å²) in [6.07, 6.45) is 1.70. The number of aromatic nitrogens is 1. The van der Waals surface area contributed by atoms with Crippen molar-refractivity contribution in [1.82, 2.24) is 4.98 Å². The third-order valence-electron chi connectivity index (χ3n) is 4.85. The number of hydrogen-bond acceptors (Lipinski definition) is 3. The zero-order chi connectivity index (χ0) is 21.8. The fourth-order valence-corrected chi connectivity index (χ4v) is 4.43. The highest BCUT2D eigenvalue weighted by Gasteiger charge is 2.20. The molecule has 1 N–H and O–H groups in total. The number of carbonyl (C=O) groups excluding carboxylic acids is 1. The lowest BCUT2D eigenvalue weighted by Gasteiger charge is -2.05. The Hall–Kier alpha value is -3.38. The number of benzene rings is 3. The highest BCUT2D eigenvalue weighted by Crippen LogP contribution is 2.33. The number of carbonyl (C=O) groups is 1. The summed E-state index contributed by atoms with van der Waals surface area (Å²) >= 11 is 1.33. The van der Waals surface area contributed by atoms with E-state index in [1.807, 2.05) is 42.5 Å². The van der Waals surface area contributed by atoms with Crippen molar-refractivity contribution in [3.8, 4) is 22.4 Å². The van der Waals surface area contributed by atoms with Gasteiger partial charge in [-0.3, -0.25) is 10.1 Å². The highest BCUT2D eigenvalue weighted by molar-refractivity contribution is 7.16. The summed E-state index contributed by atoms with van der Waals surface area (Å²) in [5.41, 5.74) is 3.32. The minimum atomic E-state index is -0.903. The molecule has 0 unspecified atom stereocenters. The van der Waals surface area contributed by atoms with Crippen LogP contribution in [0.2, 0.25) is 0 Å². The maximum atomic E-state index is 13.9. The van der Waals surface area contributed by atoms with Crippen molar-refractivity contribution >= 4 is 22.4 Å². The Labute approximate surface area is 183 Å². The van der Waals surface area contributed by atoms with Gasteiger partial charge in [-0.1, -0.05) is 74.0 Å². The Morgan fingerprint density at radius 2 is 1.48 bits per heavy atom. The number of nitrogens with one attached hydrogen (secondary N) is 1. The quantitative estimate of drug-likeness (QED) is 0.356. The highest BCUT2D eigenvalue weighted by atomic mass is 32.1. The van der Waals surface area contributed by atoms with Gasteiger partial charge in [0.15, 0.2) is 5.13 Å². The number of amides is 1. The SMILES string of the molecule is CCCc1sc(NC(=O)c2c(F)cccc2F)nc1-c1ccc(-c2ccccc2)cc1. The minimum Gasteiger partial charge on any atom is -0.298 e. The van der Waals surface area contributed by atoms with Crippen molar-refractivity contribution in [3.63, 3.8) is 0 Å². The first kappa shape index (κ1) is 20.9. The normalized spacial score (nSPS) is 10.8. The van der Waals surface area contributed by atoms with Crippen LogP contribution in [-0.4, -0.2) is 10.9 Å². The fourth-order valence-electron chi connectivity index (χ4n) is 3.35. The molecule has 0 saturated carbocycles. The topological polar surface area (TPSA) is 42.0 Å². The number of nitrogens with zero attached hydrogens (tertiary/aromatic N) is 1. The molecule has 0 atom stereocenters. The van der Waals surface area contributed by atoms with Crippen LogP contribution < -0.4 is 5.32 Å². The van der Waals surface area contributed by atoms with E-state index in [0.29, 0.717) is 5.13 Å². The van der Waals surface area contributed by atoms with E-state index in [0.717, 1.165) is 52.2 Å². The molecule has 0 spiro atoms. The molecule has 0 aliphatic rings. The largest absolute Gasteiger partial charge is 0.298 e. The van der Waals surface area contributed by atoms with Gasteiger partial charge < -0.3 is 0 Å². The summed E-state index contributed by atoms with van der Waals surface area (Å²) in [5.74, 6) is -2.66. The summed E-state index contributed by atoms with van der Waals surface area (Å²) in [6, 6.07) is 21.5. The van der Waals surface area contributed by atoms with Crippen LogP contribution in [0.15, 0.2) is 72.8 Å². The Balaban J connectivity index is 1.62. The van der Waals surface area contributed by atoms with Crippen LogP contribution in [0.4, 0.5) is 13.9 Å². The summed E-state index contributed by atoms with van der Waals surface area (Å²) in [4.78, 5) is 18.0. The number of thiazole rings is 1. The number of halogens is 2. The molecule has 0 aliphatic heterocycles. The van der Waals surface area contributed by atoms with Crippen molar-refractivity contribution in [2.45, 2.75) is 19.8 Å². The van der Waals surface area contributed by atoms with E-state index in [1.165, 1.54) is 17.4 Å². The van der Waals surface area contributed by atoms with Gasteiger partial charge in [-0.05, 0) is 29.7 Å². The van der Waals surface area contributed by atoms with E-state index >= 15 is 0 Å². The first-order valence-electron chi connectivity index (χ1n) is 9.97. The van der Waals surface area contributed by atoms with Gasteiger partial charge in [-0.2, -0.15) is 0 Å². The van der Waals surface area contributed by atoms with Gasteiger partial charge in [-0.15, -0.1) is 11.3 Å². The molecule has 0 aliphatic carbocycles. The van der Waals surface area contributed by atoms with Gasteiger partial charge >= 0.3 is 0 Å². The summed E-state index contributed by atoms with van der Waals surface area (Å²) in [7, 11) is 0. The van der Waals surface area contributed by atoms with E-state index in [4.69, 9.17) is 0 Å². The van der Waals surface area contributed by atoms with Crippen LogP contribution >= 0.6 is 11.3 Å². The van der Waals surface area contributed by atoms with Crippen LogP contribution in [0.5, 0.6) is 0 Å². The second-order valence-corrected chi connectivity index (χ2v) is 8.12. The second kappa shape index (κ2) is 9.18. The zero-order valence-corrected chi connectivity index (χ0v) is 17.7. The molecule has 3 nitrogen and oxygen atoms in total.